The Labute approximate surface area is 242 Å². The Morgan fingerprint density at radius 3 is 2.34 bits per heavy atom. The van der Waals surface area contributed by atoms with Crippen molar-refractivity contribution >= 4 is 29.7 Å². The van der Waals surface area contributed by atoms with E-state index >= 15 is 0 Å². The molecule has 41 heavy (non-hydrogen) atoms. The quantitative estimate of drug-likeness (QED) is 0.201. The molecule has 222 valence electrons. The zero-order valence-corrected chi connectivity index (χ0v) is 23.6. The molecule has 0 spiro atoms. The van der Waals surface area contributed by atoms with Gasteiger partial charge in [0.1, 0.15) is 12.0 Å². The molecule has 0 radical (unpaired) electrons. The van der Waals surface area contributed by atoms with Crippen molar-refractivity contribution in [1.82, 2.24) is 9.80 Å². The van der Waals surface area contributed by atoms with Gasteiger partial charge >= 0.3 is 6.18 Å². The molecule has 2 fully saturated rings. The first kappa shape index (κ1) is 30.8. The van der Waals surface area contributed by atoms with E-state index in [0.717, 1.165) is 19.3 Å². The third-order valence-corrected chi connectivity index (χ3v) is 8.34. The molecule has 2 aliphatic heterocycles. The van der Waals surface area contributed by atoms with Gasteiger partial charge in [0.2, 0.25) is 11.3 Å². The Bertz CT molecular complexity index is 1220. The minimum Gasteiger partial charge on any atom is -0.494 e. The van der Waals surface area contributed by atoms with Crippen LogP contribution in [0.25, 0.3) is 0 Å². The Hall–Kier alpha value is -3.11. The van der Waals surface area contributed by atoms with Gasteiger partial charge in [-0.1, -0.05) is 48.4 Å². The number of amides is 2. The van der Waals surface area contributed by atoms with E-state index in [4.69, 9.17) is 21.1 Å². The first-order valence-corrected chi connectivity index (χ1v) is 14.1. The van der Waals surface area contributed by atoms with Gasteiger partial charge in [0.05, 0.1) is 36.4 Å². The molecule has 2 aromatic rings. The van der Waals surface area contributed by atoms with E-state index in [-0.39, 0.29) is 42.8 Å². The SMILES string of the molecule is CN(C(=O)c1ccc(OCCCCC2CCN(C(=O)[C@](C=O)(c3ccccc3)C(F)(F)F)CC2)cc1Cl)C1COC1. The topological polar surface area (TPSA) is 76.2 Å². The number of nitrogens with zero attached hydrogens (tertiary/aromatic N) is 2. The van der Waals surface area contributed by atoms with Crippen LogP contribution in [0.5, 0.6) is 5.75 Å². The normalized spacial score (nSPS) is 17.8. The molecule has 4 rings (SSSR count). The van der Waals surface area contributed by atoms with E-state index in [9.17, 15) is 27.6 Å². The van der Waals surface area contributed by atoms with Crippen LogP contribution < -0.4 is 4.74 Å². The summed E-state index contributed by atoms with van der Waals surface area (Å²) in [4.78, 5) is 40.4. The third kappa shape index (κ3) is 6.70. The molecule has 0 unspecified atom stereocenters. The molecular weight excluding hydrogens is 561 g/mol. The largest absolute Gasteiger partial charge is 0.494 e. The lowest BCUT2D eigenvalue weighted by Gasteiger charge is -2.38. The minimum absolute atomic E-state index is 0.0568. The highest BCUT2D eigenvalue weighted by Gasteiger charge is 2.63. The van der Waals surface area contributed by atoms with Crippen molar-refractivity contribution in [3.8, 4) is 5.75 Å². The number of halogens is 4. The van der Waals surface area contributed by atoms with Crippen LogP contribution in [0.2, 0.25) is 5.02 Å². The van der Waals surface area contributed by atoms with Gasteiger partial charge in [-0.3, -0.25) is 9.59 Å². The fraction of sp³-hybridized carbons (Fsp3) is 0.500. The summed E-state index contributed by atoms with van der Waals surface area (Å²) in [6, 6.07) is 11.7. The maximum absolute atomic E-state index is 14.1. The van der Waals surface area contributed by atoms with E-state index in [0.29, 0.717) is 49.0 Å². The lowest BCUT2D eigenvalue weighted by atomic mass is 9.78. The number of benzene rings is 2. The van der Waals surface area contributed by atoms with Gasteiger partial charge in [-0.2, -0.15) is 13.2 Å². The number of aldehydes is 1. The number of unbranched alkanes of at least 4 members (excludes halogenated alkanes) is 1. The fourth-order valence-corrected chi connectivity index (χ4v) is 5.51. The third-order valence-electron chi connectivity index (χ3n) is 8.03. The highest BCUT2D eigenvalue weighted by molar-refractivity contribution is 6.34. The highest BCUT2D eigenvalue weighted by Crippen LogP contribution is 2.42. The van der Waals surface area contributed by atoms with Crippen LogP contribution >= 0.6 is 11.6 Å². The molecular formula is C30H34ClF3N2O5. The van der Waals surface area contributed by atoms with Crippen molar-refractivity contribution in [2.45, 2.75) is 49.7 Å². The predicted molar refractivity (Wildman–Crippen MR) is 147 cm³/mol. The average molecular weight is 595 g/mol. The van der Waals surface area contributed by atoms with Crippen molar-refractivity contribution in [2.24, 2.45) is 5.92 Å². The van der Waals surface area contributed by atoms with Crippen LogP contribution in [0.15, 0.2) is 48.5 Å². The molecule has 2 aromatic carbocycles. The summed E-state index contributed by atoms with van der Waals surface area (Å²) >= 11 is 6.34. The van der Waals surface area contributed by atoms with Gasteiger partial charge in [0, 0.05) is 20.1 Å². The van der Waals surface area contributed by atoms with Crippen LogP contribution in [0.3, 0.4) is 0 Å². The average Bonchev–Trinajstić information content (AvgIpc) is 2.92. The number of alkyl halides is 3. The fourth-order valence-electron chi connectivity index (χ4n) is 5.26. The van der Waals surface area contributed by atoms with Crippen molar-refractivity contribution in [3.63, 3.8) is 0 Å². The van der Waals surface area contributed by atoms with Crippen molar-refractivity contribution < 1.29 is 37.0 Å². The zero-order valence-electron chi connectivity index (χ0n) is 22.9. The second-order valence-corrected chi connectivity index (χ2v) is 11.0. The summed E-state index contributed by atoms with van der Waals surface area (Å²) in [5, 5.41) is 0.317. The molecule has 0 saturated carbocycles. The number of likely N-dealkylation sites (tertiary alicyclic amines) is 1. The summed E-state index contributed by atoms with van der Waals surface area (Å²) in [7, 11) is 1.73. The second kappa shape index (κ2) is 13.2. The number of hydrogen-bond donors (Lipinski definition) is 0. The van der Waals surface area contributed by atoms with E-state index in [1.54, 1.807) is 30.1 Å². The monoisotopic (exact) mass is 594 g/mol. The maximum atomic E-state index is 14.1. The highest BCUT2D eigenvalue weighted by atomic mass is 35.5. The van der Waals surface area contributed by atoms with Crippen LogP contribution in [0, 0.1) is 5.92 Å². The molecule has 2 amide bonds. The molecule has 7 nitrogen and oxygen atoms in total. The second-order valence-electron chi connectivity index (χ2n) is 10.6. The molecule has 0 N–H and O–H groups in total. The summed E-state index contributed by atoms with van der Waals surface area (Å²) < 4.78 is 53.4. The van der Waals surface area contributed by atoms with Crippen LogP contribution in [0.1, 0.15) is 48.0 Å². The number of carbonyl (C=O) groups excluding carboxylic acids is 3. The van der Waals surface area contributed by atoms with E-state index in [1.165, 1.54) is 35.2 Å². The van der Waals surface area contributed by atoms with E-state index in [1.807, 2.05) is 0 Å². The van der Waals surface area contributed by atoms with E-state index in [2.05, 4.69) is 0 Å². The number of rotatable bonds is 11. The predicted octanol–water partition coefficient (Wildman–Crippen LogP) is 5.30. The minimum atomic E-state index is -5.05. The van der Waals surface area contributed by atoms with Crippen LogP contribution in [-0.4, -0.2) is 80.1 Å². The lowest BCUT2D eigenvalue weighted by Crippen LogP contribution is -2.58. The van der Waals surface area contributed by atoms with Crippen LogP contribution in [-0.2, 0) is 19.7 Å². The molecule has 0 bridgehead atoms. The van der Waals surface area contributed by atoms with Gasteiger partial charge in [-0.05, 0) is 55.4 Å². The van der Waals surface area contributed by atoms with Crippen molar-refractivity contribution in [2.75, 3.05) is 40.0 Å². The Kier molecular flexibility index (Phi) is 9.96. The number of likely N-dealkylation sites (N-methyl/N-ethyl adjacent to an activating group) is 1. The van der Waals surface area contributed by atoms with Gasteiger partial charge < -0.3 is 24.1 Å². The van der Waals surface area contributed by atoms with Crippen LogP contribution in [0.4, 0.5) is 13.2 Å². The lowest BCUT2D eigenvalue weighted by molar-refractivity contribution is -0.197. The number of hydrogen-bond acceptors (Lipinski definition) is 5. The van der Waals surface area contributed by atoms with Gasteiger partial charge in [0.25, 0.3) is 5.91 Å². The molecule has 11 heteroatoms. The number of carbonyl (C=O) groups is 3. The molecule has 0 aliphatic carbocycles. The standard InChI is InChI=1S/C30H34ClF3N2O5/c1-35(23-18-40-19-23)27(38)25-11-10-24(17-26(25)31)41-16-6-5-7-21-12-14-36(15-13-21)28(39)29(20-37,30(32,33)34)22-8-3-2-4-9-22/h2-4,8-11,17,20-21,23H,5-7,12-16,18-19H2,1H3/t29-/m0/s1. The smallest absolute Gasteiger partial charge is 0.413 e. The number of piperidine rings is 1. The molecule has 0 aromatic heterocycles. The van der Waals surface area contributed by atoms with Crippen molar-refractivity contribution in [1.29, 1.82) is 0 Å². The van der Waals surface area contributed by atoms with E-state index < -0.39 is 17.5 Å². The van der Waals surface area contributed by atoms with Crippen molar-refractivity contribution in [3.05, 3.63) is 64.7 Å². The maximum Gasteiger partial charge on any atom is 0.413 e. The van der Waals surface area contributed by atoms with Gasteiger partial charge in [-0.25, -0.2) is 0 Å². The molecule has 1 atom stereocenters. The summed E-state index contributed by atoms with van der Waals surface area (Å²) in [6.07, 6.45) is -1.71. The molecule has 2 saturated heterocycles. The van der Waals surface area contributed by atoms with Gasteiger partial charge in [0.15, 0.2) is 0 Å². The molecule has 2 heterocycles. The molecule has 2 aliphatic rings. The Balaban J connectivity index is 1.21. The van der Waals surface area contributed by atoms with Gasteiger partial charge in [-0.15, -0.1) is 0 Å². The Morgan fingerprint density at radius 2 is 1.78 bits per heavy atom. The summed E-state index contributed by atoms with van der Waals surface area (Å²) in [5.74, 6) is -0.550. The zero-order chi connectivity index (χ0) is 29.6. The first-order chi connectivity index (χ1) is 19.6. The Morgan fingerprint density at radius 1 is 1.10 bits per heavy atom. The summed E-state index contributed by atoms with van der Waals surface area (Å²) in [5.41, 5.74) is -3.16. The summed E-state index contributed by atoms with van der Waals surface area (Å²) in [6.45, 7) is 1.83. The first-order valence-electron chi connectivity index (χ1n) is 13.7. The number of ether oxygens (including phenoxy) is 2.